The number of thioether (sulfide) groups is 1. The third-order valence-corrected chi connectivity index (χ3v) is 5.69. The molecule has 144 valence electrons. The summed E-state index contributed by atoms with van der Waals surface area (Å²) in [4.78, 5) is 12.5. The average Bonchev–Trinajstić information content (AvgIpc) is 3.37. The van der Waals surface area contributed by atoms with Crippen LogP contribution in [0, 0.1) is 0 Å². The van der Waals surface area contributed by atoms with Crippen molar-refractivity contribution in [2.24, 2.45) is 0 Å². The van der Waals surface area contributed by atoms with Gasteiger partial charge in [0, 0.05) is 11.3 Å². The summed E-state index contributed by atoms with van der Waals surface area (Å²) >= 11 is 1.24. The highest BCUT2D eigenvalue weighted by Gasteiger charge is 2.20. The molecule has 1 aliphatic rings. The lowest BCUT2D eigenvalue weighted by Gasteiger charge is -2.11. The summed E-state index contributed by atoms with van der Waals surface area (Å²) in [5.41, 5.74) is 4.36. The van der Waals surface area contributed by atoms with Gasteiger partial charge in [0.05, 0.1) is 12.4 Å². The lowest BCUT2D eigenvalue weighted by Crippen LogP contribution is -2.22. The Bertz CT molecular complexity index is 985. The number of carbonyl (C=O) groups excluding carboxylic acids is 1. The SMILES string of the molecule is COc1ccc(-c2nnc(S[C@H](C)C(=O)Nc3ccc4c(c3)CCC4)o2)cc1. The number of fused-ring (bicyclic) bond motifs is 1. The highest BCUT2D eigenvalue weighted by Crippen LogP contribution is 2.29. The van der Waals surface area contributed by atoms with E-state index in [0.29, 0.717) is 11.1 Å². The second-order valence-electron chi connectivity index (χ2n) is 6.69. The summed E-state index contributed by atoms with van der Waals surface area (Å²) in [5.74, 6) is 1.08. The second kappa shape index (κ2) is 8.06. The Hall–Kier alpha value is -2.80. The summed E-state index contributed by atoms with van der Waals surface area (Å²) in [6, 6.07) is 13.5. The van der Waals surface area contributed by atoms with Gasteiger partial charge in [0.2, 0.25) is 11.8 Å². The predicted octanol–water partition coefficient (Wildman–Crippen LogP) is 4.35. The summed E-state index contributed by atoms with van der Waals surface area (Å²) in [7, 11) is 1.62. The van der Waals surface area contributed by atoms with Gasteiger partial charge in [0.15, 0.2) is 0 Å². The molecule has 0 fully saturated rings. The molecule has 0 unspecified atom stereocenters. The first-order chi connectivity index (χ1) is 13.6. The molecule has 3 aromatic rings. The lowest BCUT2D eigenvalue weighted by atomic mass is 10.1. The molecule has 1 amide bonds. The quantitative estimate of drug-likeness (QED) is 0.625. The minimum Gasteiger partial charge on any atom is -0.497 e. The van der Waals surface area contributed by atoms with Gasteiger partial charge in [-0.15, -0.1) is 10.2 Å². The maximum Gasteiger partial charge on any atom is 0.277 e. The van der Waals surface area contributed by atoms with Gasteiger partial charge in [0.25, 0.3) is 5.22 Å². The fraction of sp³-hybridized carbons (Fsp3) is 0.286. The number of rotatable bonds is 6. The van der Waals surface area contributed by atoms with E-state index in [1.807, 2.05) is 37.3 Å². The van der Waals surface area contributed by atoms with E-state index in [-0.39, 0.29) is 11.2 Å². The molecule has 0 radical (unpaired) electrons. The van der Waals surface area contributed by atoms with E-state index in [4.69, 9.17) is 9.15 Å². The van der Waals surface area contributed by atoms with Gasteiger partial charge in [-0.25, -0.2) is 0 Å². The smallest absolute Gasteiger partial charge is 0.277 e. The molecule has 2 aromatic carbocycles. The lowest BCUT2D eigenvalue weighted by molar-refractivity contribution is -0.115. The van der Waals surface area contributed by atoms with Gasteiger partial charge < -0.3 is 14.5 Å². The van der Waals surface area contributed by atoms with Gasteiger partial charge in [-0.3, -0.25) is 4.79 Å². The van der Waals surface area contributed by atoms with Crippen LogP contribution in [0.4, 0.5) is 5.69 Å². The van der Waals surface area contributed by atoms with E-state index in [1.54, 1.807) is 7.11 Å². The summed E-state index contributed by atoms with van der Waals surface area (Å²) in [6.45, 7) is 1.82. The van der Waals surface area contributed by atoms with Crippen molar-refractivity contribution in [2.45, 2.75) is 36.7 Å². The molecule has 1 atom stereocenters. The number of aromatic nitrogens is 2. The highest BCUT2D eigenvalue weighted by atomic mass is 32.2. The minimum atomic E-state index is -0.363. The van der Waals surface area contributed by atoms with E-state index >= 15 is 0 Å². The van der Waals surface area contributed by atoms with E-state index in [9.17, 15) is 4.79 Å². The molecule has 6 nitrogen and oxygen atoms in total. The van der Waals surface area contributed by atoms with Crippen LogP contribution < -0.4 is 10.1 Å². The van der Waals surface area contributed by atoms with E-state index in [2.05, 4.69) is 27.6 Å². The monoisotopic (exact) mass is 395 g/mol. The van der Waals surface area contributed by atoms with Crippen molar-refractivity contribution in [3.63, 3.8) is 0 Å². The number of anilines is 1. The third kappa shape index (κ3) is 4.04. The minimum absolute atomic E-state index is 0.0906. The second-order valence-corrected chi connectivity index (χ2v) is 7.98. The Balaban J connectivity index is 1.38. The van der Waals surface area contributed by atoms with Crippen LogP contribution in [0.3, 0.4) is 0 Å². The molecule has 0 aliphatic heterocycles. The summed E-state index contributed by atoms with van der Waals surface area (Å²) < 4.78 is 10.8. The van der Waals surface area contributed by atoms with Gasteiger partial charge in [-0.2, -0.15) is 0 Å². The predicted molar refractivity (Wildman–Crippen MR) is 109 cm³/mol. The average molecular weight is 395 g/mol. The number of nitrogens with one attached hydrogen (secondary N) is 1. The standard InChI is InChI=1S/C21H21N3O3S/c1-13(19(25)22-17-9-6-14-4-3-5-16(14)12-17)28-21-24-23-20(27-21)15-7-10-18(26-2)11-8-15/h6-13H,3-5H2,1-2H3,(H,22,25)/t13-/m1/s1. The zero-order valence-corrected chi connectivity index (χ0v) is 16.6. The molecular formula is C21H21N3O3S. The molecule has 1 heterocycles. The number of aryl methyl sites for hydroxylation is 2. The number of methoxy groups -OCH3 is 1. The van der Waals surface area contributed by atoms with Crippen molar-refractivity contribution >= 4 is 23.4 Å². The van der Waals surface area contributed by atoms with Crippen LogP contribution in [0.1, 0.15) is 24.5 Å². The highest BCUT2D eigenvalue weighted by molar-refractivity contribution is 8.00. The maximum atomic E-state index is 12.5. The van der Waals surface area contributed by atoms with Crippen LogP contribution in [0.15, 0.2) is 52.1 Å². The van der Waals surface area contributed by atoms with Crippen LogP contribution in [0.25, 0.3) is 11.5 Å². The molecule has 0 saturated heterocycles. The number of benzene rings is 2. The molecular weight excluding hydrogens is 374 g/mol. The normalized spacial score (nSPS) is 13.8. The molecule has 0 bridgehead atoms. The molecule has 1 aromatic heterocycles. The molecule has 0 spiro atoms. The Morgan fingerprint density at radius 3 is 2.71 bits per heavy atom. The van der Waals surface area contributed by atoms with Crippen molar-refractivity contribution < 1.29 is 13.9 Å². The molecule has 4 rings (SSSR count). The zero-order valence-electron chi connectivity index (χ0n) is 15.8. The molecule has 1 N–H and O–H groups in total. The Morgan fingerprint density at radius 2 is 1.93 bits per heavy atom. The third-order valence-electron chi connectivity index (χ3n) is 4.76. The number of hydrogen-bond acceptors (Lipinski definition) is 6. The number of nitrogens with zero attached hydrogens (tertiary/aromatic N) is 2. The fourth-order valence-corrected chi connectivity index (χ4v) is 3.89. The topological polar surface area (TPSA) is 77.2 Å². The first-order valence-corrected chi connectivity index (χ1v) is 10.1. The van der Waals surface area contributed by atoms with Crippen LogP contribution in [-0.2, 0) is 17.6 Å². The van der Waals surface area contributed by atoms with Crippen molar-refractivity contribution in [1.82, 2.24) is 10.2 Å². The van der Waals surface area contributed by atoms with E-state index in [1.165, 1.54) is 29.3 Å². The summed E-state index contributed by atoms with van der Waals surface area (Å²) in [5, 5.41) is 11.1. The van der Waals surface area contributed by atoms with Crippen LogP contribution in [0.5, 0.6) is 5.75 Å². The largest absolute Gasteiger partial charge is 0.497 e. The Labute approximate surface area is 167 Å². The maximum absolute atomic E-state index is 12.5. The first kappa shape index (κ1) is 18.6. The van der Waals surface area contributed by atoms with Crippen LogP contribution in [0.2, 0.25) is 0 Å². The van der Waals surface area contributed by atoms with Gasteiger partial charge >= 0.3 is 0 Å². The number of ether oxygens (including phenoxy) is 1. The molecule has 0 saturated carbocycles. The molecule has 1 aliphatic carbocycles. The van der Waals surface area contributed by atoms with Crippen molar-refractivity contribution in [3.8, 4) is 17.2 Å². The van der Waals surface area contributed by atoms with Crippen LogP contribution >= 0.6 is 11.8 Å². The molecule has 7 heteroatoms. The Morgan fingerprint density at radius 1 is 1.14 bits per heavy atom. The van der Waals surface area contributed by atoms with Crippen molar-refractivity contribution in [1.29, 1.82) is 0 Å². The van der Waals surface area contributed by atoms with Gasteiger partial charge in [0.1, 0.15) is 5.75 Å². The zero-order chi connectivity index (χ0) is 19.5. The number of hydrogen-bond donors (Lipinski definition) is 1. The van der Waals surface area contributed by atoms with E-state index in [0.717, 1.165) is 29.8 Å². The van der Waals surface area contributed by atoms with E-state index < -0.39 is 0 Å². The van der Waals surface area contributed by atoms with Crippen molar-refractivity contribution in [3.05, 3.63) is 53.6 Å². The summed E-state index contributed by atoms with van der Waals surface area (Å²) in [6.07, 6.45) is 3.40. The Kier molecular flexibility index (Phi) is 5.34. The van der Waals surface area contributed by atoms with Crippen LogP contribution in [-0.4, -0.2) is 28.5 Å². The van der Waals surface area contributed by atoms with Gasteiger partial charge in [-0.05, 0) is 73.7 Å². The first-order valence-electron chi connectivity index (χ1n) is 9.19. The van der Waals surface area contributed by atoms with Gasteiger partial charge in [-0.1, -0.05) is 17.8 Å². The number of amides is 1. The van der Waals surface area contributed by atoms with Crippen molar-refractivity contribution in [2.75, 3.05) is 12.4 Å². The molecule has 28 heavy (non-hydrogen) atoms. The fourth-order valence-electron chi connectivity index (χ4n) is 3.21. The number of carbonyl (C=O) groups is 1.